The van der Waals surface area contributed by atoms with Crippen LogP contribution in [-0.2, 0) is 4.79 Å². The standard InChI is InChI=1S/C15H14BrNO2/c1-8-14(13-7-12(13)9(2)18)15(19-17-8)10-3-5-11(16)6-4-10/h3-6,12-13H,7H2,1-2H3. The van der Waals surface area contributed by atoms with Crippen LogP contribution in [-0.4, -0.2) is 10.9 Å². The molecule has 1 aliphatic carbocycles. The molecule has 1 heterocycles. The van der Waals surface area contributed by atoms with E-state index in [1.54, 1.807) is 6.92 Å². The molecule has 2 unspecified atom stereocenters. The van der Waals surface area contributed by atoms with E-state index in [4.69, 9.17) is 4.52 Å². The van der Waals surface area contributed by atoms with Gasteiger partial charge in [-0.15, -0.1) is 0 Å². The third-order valence-corrected chi connectivity index (χ3v) is 4.23. The fourth-order valence-electron chi connectivity index (χ4n) is 2.59. The average Bonchev–Trinajstić information content (AvgIpc) is 3.08. The molecule has 4 heteroatoms. The molecular weight excluding hydrogens is 306 g/mol. The van der Waals surface area contributed by atoms with Crippen LogP contribution in [0.5, 0.6) is 0 Å². The van der Waals surface area contributed by atoms with Crippen LogP contribution in [0.15, 0.2) is 33.3 Å². The van der Waals surface area contributed by atoms with E-state index in [-0.39, 0.29) is 17.6 Å². The van der Waals surface area contributed by atoms with E-state index in [2.05, 4.69) is 21.1 Å². The summed E-state index contributed by atoms with van der Waals surface area (Å²) in [5.74, 6) is 1.49. The van der Waals surface area contributed by atoms with Gasteiger partial charge in [0.25, 0.3) is 0 Å². The molecule has 0 bridgehead atoms. The SMILES string of the molecule is CC(=O)C1CC1c1c(C)noc1-c1ccc(Br)cc1. The second-order valence-electron chi connectivity index (χ2n) is 5.08. The molecule has 0 saturated heterocycles. The van der Waals surface area contributed by atoms with Crippen molar-refractivity contribution in [1.82, 2.24) is 5.16 Å². The number of carbonyl (C=O) groups is 1. The number of ketones is 1. The predicted molar refractivity (Wildman–Crippen MR) is 75.9 cm³/mol. The van der Waals surface area contributed by atoms with Crippen LogP contribution in [0.4, 0.5) is 0 Å². The van der Waals surface area contributed by atoms with Crippen molar-refractivity contribution in [2.75, 3.05) is 0 Å². The average molecular weight is 320 g/mol. The van der Waals surface area contributed by atoms with Crippen LogP contribution < -0.4 is 0 Å². The molecule has 0 radical (unpaired) electrons. The molecule has 2 atom stereocenters. The summed E-state index contributed by atoms with van der Waals surface area (Å²) in [5.41, 5.74) is 3.00. The van der Waals surface area contributed by atoms with Crippen molar-refractivity contribution in [1.29, 1.82) is 0 Å². The lowest BCUT2D eigenvalue weighted by molar-refractivity contribution is -0.118. The second kappa shape index (κ2) is 4.60. The Balaban J connectivity index is 2.00. The third kappa shape index (κ3) is 2.25. The van der Waals surface area contributed by atoms with E-state index in [9.17, 15) is 4.79 Å². The number of carbonyl (C=O) groups excluding carboxylic acids is 1. The maximum atomic E-state index is 11.5. The molecule has 98 valence electrons. The Hall–Kier alpha value is -1.42. The van der Waals surface area contributed by atoms with Crippen molar-refractivity contribution in [2.45, 2.75) is 26.2 Å². The van der Waals surface area contributed by atoms with Crippen molar-refractivity contribution in [3.05, 3.63) is 40.0 Å². The monoisotopic (exact) mass is 319 g/mol. The van der Waals surface area contributed by atoms with Crippen molar-refractivity contribution in [3.8, 4) is 11.3 Å². The van der Waals surface area contributed by atoms with Gasteiger partial charge in [0, 0.05) is 27.4 Å². The highest BCUT2D eigenvalue weighted by Crippen LogP contribution is 2.51. The summed E-state index contributed by atoms with van der Waals surface area (Å²) >= 11 is 3.42. The van der Waals surface area contributed by atoms with Crippen molar-refractivity contribution in [3.63, 3.8) is 0 Å². The zero-order chi connectivity index (χ0) is 13.6. The Kier molecular flexibility index (Phi) is 3.05. The molecule has 3 nitrogen and oxygen atoms in total. The van der Waals surface area contributed by atoms with Crippen molar-refractivity contribution >= 4 is 21.7 Å². The number of aromatic nitrogens is 1. The van der Waals surface area contributed by atoms with Crippen molar-refractivity contribution < 1.29 is 9.32 Å². The molecule has 2 aromatic rings. The third-order valence-electron chi connectivity index (χ3n) is 3.70. The minimum Gasteiger partial charge on any atom is -0.356 e. The number of Topliss-reactive ketones (excluding diaryl/α,β-unsaturated/α-hetero) is 1. The van der Waals surface area contributed by atoms with Crippen molar-refractivity contribution in [2.24, 2.45) is 5.92 Å². The first-order valence-corrected chi connectivity index (χ1v) is 7.09. The lowest BCUT2D eigenvalue weighted by atomic mass is 10.0. The lowest BCUT2D eigenvalue weighted by Gasteiger charge is -2.02. The Morgan fingerprint density at radius 2 is 2.05 bits per heavy atom. The summed E-state index contributed by atoms with van der Waals surface area (Å²) < 4.78 is 6.50. The fourth-order valence-corrected chi connectivity index (χ4v) is 2.85. The molecule has 1 aliphatic rings. The molecule has 0 N–H and O–H groups in total. The topological polar surface area (TPSA) is 43.1 Å². The number of hydrogen-bond acceptors (Lipinski definition) is 3. The molecular formula is C15H14BrNO2. The number of nitrogens with zero attached hydrogens (tertiary/aromatic N) is 1. The Morgan fingerprint density at radius 1 is 1.37 bits per heavy atom. The highest BCUT2D eigenvalue weighted by atomic mass is 79.9. The maximum absolute atomic E-state index is 11.5. The molecule has 1 saturated carbocycles. The second-order valence-corrected chi connectivity index (χ2v) is 5.99. The highest BCUT2D eigenvalue weighted by molar-refractivity contribution is 9.10. The van der Waals surface area contributed by atoms with E-state index in [0.717, 1.165) is 33.5 Å². The van der Waals surface area contributed by atoms with Gasteiger partial charge in [-0.25, -0.2) is 0 Å². The van der Waals surface area contributed by atoms with E-state index in [1.165, 1.54) is 0 Å². The van der Waals surface area contributed by atoms with E-state index >= 15 is 0 Å². The zero-order valence-corrected chi connectivity index (χ0v) is 12.4. The Labute approximate surface area is 120 Å². The smallest absolute Gasteiger partial charge is 0.170 e. The van der Waals surface area contributed by atoms with Gasteiger partial charge in [-0.2, -0.15) is 0 Å². The van der Waals surface area contributed by atoms with Crippen LogP contribution in [0.2, 0.25) is 0 Å². The molecule has 19 heavy (non-hydrogen) atoms. The first kappa shape index (κ1) is 12.6. The van der Waals surface area contributed by atoms with Crippen LogP contribution in [0.1, 0.15) is 30.5 Å². The Morgan fingerprint density at radius 3 is 2.63 bits per heavy atom. The summed E-state index contributed by atoms with van der Waals surface area (Å²) in [6, 6.07) is 7.95. The van der Waals surface area contributed by atoms with Crippen LogP contribution in [0.3, 0.4) is 0 Å². The molecule has 1 aromatic carbocycles. The summed E-state index contributed by atoms with van der Waals surface area (Å²) in [5, 5.41) is 4.07. The Bertz CT molecular complexity index is 630. The van der Waals surface area contributed by atoms with Gasteiger partial charge in [-0.3, -0.25) is 4.79 Å². The summed E-state index contributed by atoms with van der Waals surface area (Å²) in [6.45, 7) is 3.60. The highest BCUT2D eigenvalue weighted by Gasteiger charge is 2.45. The summed E-state index contributed by atoms with van der Waals surface area (Å²) in [7, 11) is 0. The normalized spacial score (nSPS) is 21.4. The van der Waals surface area contributed by atoms with Gasteiger partial charge in [0.05, 0.1) is 5.69 Å². The fraction of sp³-hybridized carbons (Fsp3) is 0.333. The minimum absolute atomic E-state index is 0.146. The lowest BCUT2D eigenvalue weighted by Crippen LogP contribution is -1.96. The quantitative estimate of drug-likeness (QED) is 0.855. The van der Waals surface area contributed by atoms with Gasteiger partial charge in [0.15, 0.2) is 5.76 Å². The maximum Gasteiger partial charge on any atom is 0.170 e. The molecule has 3 rings (SSSR count). The number of rotatable bonds is 3. The summed E-state index contributed by atoms with van der Waals surface area (Å²) in [4.78, 5) is 11.5. The number of aryl methyl sites for hydroxylation is 1. The van der Waals surface area contributed by atoms with Gasteiger partial charge >= 0.3 is 0 Å². The predicted octanol–water partition coefficient (Wildman–Crippen LogP) is 4.11. The van der Waals surface area contributed by atoms with Gasteiger partial charge in [0.1, 0.15) is 5.78 Å². The van der Waals surface area contributed by atoms with Gasteiger partial charge < -0.3 is 4.52 Å². The number of halogens is 1. The van der Waals surface area contributed by atoms with Crippen LogP contribution >= 0.6 is 15.9 Å². The molecule has 0 amide bonds. The summed E-state index contributed by atoms with van der Waals surface area (Å²) in [6.07, 6.45) is 0.918. The van der Waals surface area contributed by atoms with Crippen LogP contribution in [0.25, 0.3) is 11.3 Å². The first-order valence-electron chi connectivity index (χ1n) is 6.30. The largest absolute Gasteiger partial charge is 0.356 e. The molecule has 1 aromatic heterocycles. The van der Waals surface area contributed by atoms with Crippen LogP contribution in [0, 0.1) is 12.8 Å². The van der Waals surface area contributed by atoms with Gasteiger partial charge in [0.2, 0.25) is 0 Å². The zero-order valence-electron chi connectivity index (χ0n) is 10.8. The number of benzene rings is 1. The number of hydrogen-bond donors (Lipinski definition) is 0. The molecule has 0 aliphatic heterocycles. The minimum atomic E-state index is 0.146. The van der Waals surface area contributed by atoms with E-state index < -0.39 is 0 Å². The first-order chi connectivity index (χ1) is 9.08. The molecule has 1 fully saturated rings. The van der Waals surface area contributed by atoms with Gasteiger partial charge in [-0.1, -0.05) is 33.2 Å². The van der Waals surface area contributed by atoms with Gasteiger partial charge in [-0.05, 0) is 32.4 Å². The molecule has 0 spiro atoms. The van der Waals surface area contributed by atoms with E-state index in [0.29, 0.717) is 0 Å². The van der Waals surface area contributed by atoms with E-state index in [1.807, 2.05) is 31.2 Å².